The van der Waals surface area contributed by atoms with Crippen LogP contribution in [0.4, 0.5) is 4.79 Å². The van der Waals surface area contributed by atoms with Gasteiger partial charge in [0.1, 0.15) is 0 Å². The third-order valence-electron chi connectivity index (χ3n) is 3.27. The summed E-state index contributed by atoms with van der Waals surface area (Å²) < 4.78 is 0. The van der Waals surface area contributed by atoms with Crippen molar-refractivity contribution >= 4 is 12.0 Å². The van der Waals surface area contributed by atoms with Crippen LogP contribution >= 0.6 is 0 Å². The lowest BCUT2D eigenvalue weighted by Gasteiger charge is -2.23. The number of carboxylic acid groups (broad SMARTS) is 1. The van der Waals surface area contributed by atoms with Crippen molar-refractivity contribution in [3.05, 3.63) is 0 Å². The molecule has 0 radical (unpaired) electrons. The zero-order valence-electron chi connectivity index (χ0n) is 13.1. The van der Waals surface area contributed by atoms with Crippen LogP contribution in [-0.4, -0.2) is 54.2 Å². The third-order valence-corrected chi connectivity index (χ3v) is 3.27. The molecule has 2 atom stereocenters. The number of amides is 2. The highest BCUT2D eigenvalue weighted by molar-refractivity contribution is 5.74. The van der Waals surface area contributed by atoms with Crippen molar-refractivity contribution in [3.63, 3.8) is 0 Å². The highest BCUT2D eigenvalue weighted by Gasteiger charge is 2.11. The van der Waals surface area contributed by atoms with E-state index in [2.05, 4.69) is 29.4 Å². The maximum Gasteiger partial charge on any atom is 0.315 e. The molecule has 20 heavy (non-hydrogen) atoms. The first kappa shape index (κ1) is 18.7. The summed E-state index contributed by atoms with van der Waals surface area (Å²) in [6.07, 6.45) is 0.716. The molecular formula is C14H29N3O3. The largest absolute Gasteiger partial charge is 0.481 e. The third kappa shape index (κ3) is 9.61. The van der Waals surface area contributed by atoms with Gasteiger partial charge in [-0.05, 0) is 32.4 Å². The van der Waals surface area contributed by atoms with Crippen LogP contribution in [0.15, 0.2) is 0 Å². The fraction of sp³-hybridized carbons (Fsp3) is 0.857. The smallest absolute Gasteiger partial charge is 0.315 e. The van der Waals surface area contributed by atoms with E-state index in [1.54, 1.807) is 0 Å². The SMILES string of the molecule is CCN(CC)CC(C)NC(=O)NCC(C)CCC(=O)O. The molecule has 0 saturated carbocycles. The number of hydrogen-bond acceptors (Lipinski definition) is 3. The molecule has 0 saturated heterocycles. The number of carbonyl (C=O) groups is 2. The number of hydrogen-bond donors (Lipinski definition) is 3. The second-order valence-corrected chi connectivity index (χ2v) is 5.28. The van der Waals surface area contributed by atoms with Crippen molar-refractivity contribution in [1.82, 2.24) is 15.5 Å². The molecule has 0 aromatic rings. The molecule has 2 amide bonds. The zero-order valence-corrected chi connectivity index (χ0v) is 13.1. The molecule has 0 aliphatic rings. The van der Waals surface area contributed by atoms with Crippen molar-refractivity contribution in [2.24, 2.45) is 5.92 Å². The first-order valence-electron chi connectivity index (χ1n) is 7.37. The highest BCUT2D eigenvalue weighted by Crippen LogP contribution is 2.03. The van der Waals surface area contributed by atoms with Crippen molar-refractivity contribution in [2.75, 3.05) is 26.2 Å². The van der Waals surface area contributed by atoms with Crippen molar-refractivity contribution in [2.45, 2.75) is 46.6 Å². The van der Waals surface area contributed by atoms with Gasteiger partial charge in [0, 0.05) is 25.6 Å². The van der Waals surface area contributed by atoms with E-state index in [9.17, 15) is 9.59 Å². The average Bonchev–Trinajstić information content (AvgIpc) is 2.40. The summed E-state index contributed by atoms with van der Waals surface area (Å²) in [5, 5.41) is 14.3. The maximum absolute atomic E-state index is 11.7. The second kappa shape index (κ2) is 10.5. The van der Waals surface area contributed by atoms with Gasteiger partial charge < -0.3 is 20.6 Å². The molecule has 6 heteroatoms. The molecule has 0 aliphatic carbocycles. The summed E-state index contributed by atoms with van der Waals surface area (Å²) >= 11 is 0. The molecule has 0 bridgehead atoms. The monoisotopic (exact) mass is 287 g/mol. The molecule has 0 rings (SSSR count). The molecule has 2 unspecified atom stereocenters. The molecule has 3 N–H and O–H groups in total. The molecule has 6 nitrogen and oxygen atoms in total. The van der Waals surface area contributed by atoms with Gasteiger partial charge in [-0.1, -0.05) is 20.8 Å². The number of likely N-dealkylation sites (N-methyl/N-ethyl adjacent to an activating group) is 1. The summed E-state index contributed by atoms with van der Waals surface area (Å²) in [6, 6.07) is -0.101. The van der Waals surface area contributed by atoms with E-state index >= 15 is 0 Å². The first-order valence-corrected chi connectivity index (χ1v) is 7.37. The average molecular weight is 287 g/mol. The van der Waals surface area contributed by atoms with Gasteiger partial charge in [-0.2, -0.15) is 0 Å². The number of urea groups is 1. The standard InChI is InChI=1S/C14H29N3O3/c1-5-17(6-2)10-12(4)16-14(20)15-9-11(3)7-8-13(18)19/h11-12H,5-10H2,1-4H3,(H,18,19)(H2,15,16,20). The molecule has 0 fully saturated rings. The molecule has 0 aromatic heterocycles. The summed E-state index contributed by atoms with van der Waals surface area (Å²) in [5.74, 6) is -0.635. The Morgan fingerprint density at radius 1 is 1.20 bits per heavy atom. The van der Waals surface area contributed by atoms with Gasteiger partial charge >= 0.3 is 12.0 Å². The Hall–Kier alpha value is -1.30. The Bertz CT molecular complexity index is 293. The summed E-state index contributed by atoms with van der Waals surface area (Å²) in [6.45, 7) is 11.4. The van der Waals surface area contributed by atoms with E-state index in [-0.39, 0.29) is 24.4 Å². The second-order valence-electron chi connectivity index (χ2n) is 5.28. The van der Waals surface area contributed by atoms with Gasteiger partial charge in [0.25, 0.3) is 0 Å². The normalized spacial score (nSPS) is 13.8. The van der Waals surface area contributed by atoms with Crippen LogP contribution in [0.1, 0.15) is 40.5 Å². The minimum absolute atomic E-state index is 0.0872. The number of rotatable bonds is 10. The van der Waals surface area contributed by atoms with E-state index in [1.165, 1.54) is 0 Å². The topological polar surface area (TPSA) is 81.7 Å². The Kier molecular flexibility index (Phi) is 9.80. The summed E-state index contributed by atoms with van der Waals surface area (Å²) in [5.41, 5.74) is 0. The minimum atomic E-state index is -0.797. The molecule has 0 aliphatic heterocycles. The van der Waals surface area contributed by atoms with Crippen LogP contribution in [0.5, 0.6) is 0 Å². The van der Waals surface area contributed by atoms with E-state index < -0.39 is 5.97 Å². The number of nitrogens with zero attached hydrogens (tertiary/aromatic N) is 1. The zero-order chi connectivity index (χ0) is 15.5. The van der Waals surface area contributed by atoms with Gasteiger partial charge in [-0.15, -0.1) is 0 Å². The Balaban J connectivity index is 3.84. The summed E-state index contributed by atoms with van der Waals surface area (Å²) in [4.78, 5) is 24.4. The quantitative estimate of drug-likeness (QED) is 0.569. The predicted molar refractivity (Wildman–Crippen MR) is 79.8 cm³/mol. The number of carboxylic acids is 1. The lowest BCUT2D eigenvalue weighted by Crippen LogP contribution is -2.46. The van der Waals surface area contributed by atoms with Gasteiger partial charge in [0.05, 0.1) is 0 Å². The van der Waals surface area contributed by atoms with Crippen LogP contribution in [-0.2, 0) is 4.79 Å². The van der Waals surface area contributed by atoms with E-state index in [1.807, 2.05) is 13.8 Å². The molecule has 118 valence electrons. The van der Waals surface area contributed by atoms with Gasteiger partial charge in [-0.25, -0.2) is 4.79 Å². The Morgan fingerprint density at radius 2 is 1.80 bits per heavy atom. The lowest BCUT2D eigenvalue weighted by molar-refractivity contribution is -0.137. The van der Waals surface area contributed by atoms with Crippen LogP contribution in [0, 0.1) is 5.92 Å². The highest BCUT2D eigenvalue weighted by atomic mass is 16.4. The Morgan fingerprint density at radius 3 is 2.30 bits per heavy atom. The van der Waals surface area contributed by atoms with Gasteiger partial charge in [0.15, 0.2) is 0 Å². The van der Waals surface area contributed by atoms with Crippen LogP contribution < -0.4 is 10.6 Å². The van der Waals surface area contributed by atoms with Crippen molar-refractivity contribution < 1.29 is 14.7 Å². The van der Waals surface area contributed by atoms with Crippen LogP contribution in [0.2, 0.25) is 0 Å². The maximum atomic E-state index is 11.7. The van der Waals surface area contributed by atoms with Crippen molar-refractivity contribution in [1.29, 1.82) is 0 Å². The molecule has 0 aromatic carbocycles. The van der Waals surface area contributed by atoms with Gasteiger partial charge in [-0.3, -0.25) is 4.79 Å². The molecular weight excluding hydrogens is 258 g/mol. The van der Waals surface area contributed by atoms with Crippen molar-refractivity contribution in [3.8, 4) is 0 Å². The summed E-state index contributed by atoms with van der Waals surface area (Å²) in [7, 11) is 0. The Labute approximate surface area is 121 Å². The lowest BCUT2D eigenvalue weighted by atomic mass is 10.1. The van der Waals surface area contributed by atoms with Gasteiger partial charge in [0.2, 0.25) is 0 Å². The molecule has 0 spiro atoms. The van der Waals surface area contributed by atoms with E-state index in [4.69, 9.17) is 5.11 Å². The minimum Gasteiger partial charge on any atom is -0.481 e. The van der Waals surface area contributed by atoms with Crippen LogP contribution in [0.25, 0.3) is 0 Å². The number of nitrogens with one attached hydrogen (secondary N) is 2. The number of aliphatic carboxylic acids is 1. The van der Waals surface area contributed by atoms with Crippen LogP contribution in [0.3, 0.4) is 0 Å². The fourth-order valence-electron chi connectivity index (χ4n) is 1.93. The number of carbonyl (C=O) groups excluding carboxylic acids is 1. The van der Waals surface area contributed by atoms with E-state index in [0.717, 1.165) is 19.6 Å². The fourth-order valence-corrected chi connectivity index (χ4v) is 1.93. The predicted octanol–water partition coefficient (Wildman–Crippen LogP) is 1.52. The van der Waals surface area contributed by atoms with E-state index in [0.29, 0.717) is 13.0 Å². The molecule has 0 heterocycles. The first-order chi connectivity index (χ1) is 9.38.